The Morgan fingerprint density at radius 3 is 2.57 bits per heavy atom. The highest BCUT2D eigenvalue weighted by atomic mass is 32.2. The van der Waals surface area contributed by atoms with Gasteiger partial charge in [0.2, 0.25) is 5.91 Å². The van der Waals surface area contributed by atoms with Crippen LogP contribution in [0, 0.1) is 0 Å². The van der Waals surface area contributed by atoms with Crippen molar-refractivity contribution >= 4 is 17.7 Å². The molecule has 0 heterocycles. The van der Waals surface area contributed by atoms with Gasteiger partial charge in [0.1, 0.15) is 0 Å². The van der Waals surface area contributed by atoms with Crippen LogP contribution in [-0.4, -0.2) is 11.7 Å². The van der Waals surface area contributed by atoms with Gasteiger partial charge < -0.3 is 0 Å². The van der Waals surface area contributed by atoms with Gasteiger partial charge >= 0.3 is 0 Å². The first-order chi connectivity index (χ1) is 6.76. The third-order valence-electron chi connectivity index (χ3n) is 1.76. The number of hydrazine groups is 1. The number of benzene rings is 1. The fraction of sp³-hybridized carbons (Fsp3) is 0.300. The smallest absolute Gasteiger partial charge is 0.238 e. The first kappa shape index (κ1) is 11.1. The van der Waals surface area contributed by atoms with Crippen molar-refractivity contribution in [3.05, 3.63) is 29.8 Å². The van der Waals surface area contributed by atoms with Crippen LogP contribution in [0.15, 0.2) is 29.2 Å². The van der Waals surface area contributed by atoms with Crippen LogP contribution >= 0.6 is 11.8 Å². The second kappa shape index (κ2) is 5.67. The summed E-state index contributed by atoms with van der Waals surface area (Å²) in [5.74, 6) is 5.89. The number of amides is 1. The Morgan fingerprint density at radius 1 is 1.43 bits per heavy atom. The van der Waals surface area contributed by atoms with Crippen LogP contribution in [0.3, 0.4) is 0 Å². The molecule has 0 spiro atoms. The number of hydrogen-bond acceptors (Lipinski definition) is 3. The molecule has 76 valence electrons. The maximum absolute atomic E-state index is 11.0. The van der Waals surface area contributed by atoms with E-state index in [1.807, 2.05) is 24.3 Å². The largest absolute Gasteiger partial charge is 0.294 e. The predicted octanol–water partition coefficient (Wildman–Crippen LogP) is 1.33. The summed E-state index contributed by atoms with van der Waals surface area (Å²) >= 11 is 1.78. The summed E-state index contributed by atoms with van der Waals surface area (Å²) in [6.07, 6.45) is 0.341. The van der Waals surface area contributed by atoms with Crippen molar-refractivity contribution in [2.75, 3.05) is 5.75 Å². The van der Waals surface area contributed by atoms with Gasteiger partial charge in [0.05, 0.1) is 6.42 Å². The Balaban J connectivity index is 2.59. The van der Waals surface area contributed by atoms with Gasteiger partial charge in [0.15, 0.2) is 0 Å². The number of nitrogens with two attached hydrogens (primary N) is 1. The molecule has 0 aliphatic rings. The Bertz CT molecular complexity index is 297. The standard InChI is InChI=1S/C10H14N2OS/c1-2-14-9-5-3-8(4-6-9)7-10(13)12-11/h3-6H,2,7,11H2,1H3,(H,12,13). The number of rotatable bonds is 4. The highest BCUT2D eigenvalue weighted by molar-refractivity contribution is 7.99. The lowest BCUT2D eigenvalue weighted by Gasteiger charge is -2.02. The van der Waals surface area contributed by atoms with Gasteiger partial charge in [-0.2, -0.15) is 0 Å². The van der Waals surface area contributed by atoms with Crippen molar-refractivity contribution < 1.29 is 4.79 Å². The molecule has 0 radical (unpaired) electrons. The van der Waals surface area contributed by atoms with E-state index in [9.17, 15) is 4.79 Å². The van der Waals surface area contributed by atoms with Gasteiger partial charge in [-0.05, 0) is 23.4 Å². The van der Waals surface area contributed by atoms with Crippen molar-refractivity contribution in [3.63, 3.8) is 0 Å². The molecule has 14 heavy (non-hydrogen) atoms. The lowest BCUT2D eigenvalue weighted by atomic mass is 10.1. The molecule has 0 unspecified atom stereocenters. The van der Waals surface area contributed by atoms with Crippen molar-refractivity contribution in [1.82, 2.24) is 5.43 Å². The summed E-state index contributed by atoms with van der Waals surface area (Å²) in [7, 11) is 0. The van der Waals surface area contributed by atoms with Crippen LogP contribution in [0.1, 0.15) is 12.5 Å². The molecule has 4 heteroatoms. The fourth-order valence-corrected chi connectivity index (χ4v) is 1.77. The van der Waals surface area contributed by atoms with E-state index in [1.165, 1.54) is 4.90 Å². The van der Waals surface area contributed by atoms with Gasteiger partial charge in [-0.25, -0.2) is 5.84 Å². The molecule has 0 fully saturated rings. The molecule has 0 aliphatic carbocycles. The van der Waals surface area contributed by atoms with Crippen LogP contribution in [0.4, 0.5) is 0 Å². The molecule has 0 saturated carbocycles. The summed E-state index contributed by atoms with van der Waals surface area (Å²) in [5, 5.41) is 0. The molecule has 3 nitrogen and oxygen atoms in total. The number of thioether (sulfide) groups is 1. The predicted molar refractivity (Wildman–Crippen MR) is 58.9 cm³/mol. The van der Waals surface area contributed by atoms with E-state index < -0.39 is 0 Å². The Labute approximate surface area is 88.0 Å². The number of hydrogen-bond donors (Lipinski definition) is 2. The minimum atomic E-state index is -0.166. The van der Waals surface area contributed by atoms with Gasteiger partial charge in [0.25, 0.3) is 0 Å². The van der Waals surface area contributed by atoms with Crippen LogP contribution in [0.2, 0.25) is 0 Å². The summed E-state index contributed by atoms with van der Waals surface area (Å²) < 4.78 is 0. The summed E-state index contributed by atoms with van der Waals surface area (Å²) in [6, 6.07) is 7.95. The van der Waals surface area contributed by atoms with E-state index in [-0.39, 0.29) is 5.91 Å². The van der Waals surface area contributed by atoms with Crippen LogP contribution in [0.25, 0.3) is 0 Å². The zero-order valence-corrected chi connectivity index (χ0v) is 8.93. The molecule has 3 N–H and O–H groups in total. The lowest BCUT2D eigenvalue weighted by Crippen LogP contribution is -2.31. The summed E-state index contributed by atoms with van der Waals surface area (Å²) in [5.41, 5.74) is 3.09. The molecule has 1 aromatic carbocycles. The monoisotopic (exact) mass is 210 g/mol. The lowest BCUT2D eigenvalue weighted by molar-refractivity contribution is -0.120. The number of nitrogens with one attached hydrogen (secondary N) is 1. The SMILES string of the molecule is CCSc1ccc(CC(=O)NN)cc1. The van der Waals surface area contributed by atoms with E-state index in [1.54, 1.807) is 11.8 Å². The Kier molecular flexibility index (Phi) is 4.49. The molecule has 0 aliphatic heterocycles. The molecule has 0 aromatic heterocycles. The topological polar surface area (TPSA) is 55.1 Å². The zero-order valence-electron chi connectivity index (χ0n) is 8.12. The molecule has 0 bridgehead atoms. The third-order valence-corrected chi connectivity index (χ3v) is 2.65. The van der Waals surface area contributed by atoms with Gasteiger partial charge in [0, 0.05) is 4.90 Å². The van der Waals surface area contributed by atoms with E-state index in [0.717, 1.165) is 11.3 Å². The Hall–Kier alpha value is -1.00. The second-order valence-corrected chi connectivity index (χ2v) is 4.16. The van der Waals surface area contributed by atoms with Crippen molar-refractivity contribution in [2.45, 2.75) is 18.2 Å². The van der Waals surface area contributed by atoms with E-state index >= 15 is 0 Å². The van der Waals surface area contributed by atoms with Gasteiger partial charge in [-0.3, -0.25) is 10.2 Å². The van der Waals surface area contributed by atoms with Gasteiger partial charge in [-0.1, -0.05) is 19.1 Å². The fourth-order valence-electron chi connectivity index (χ4n) is 1.11. The normalized spacial score (nSPS) is 9.86. The van der Waals surface area contributed by atoms with Gasteiger partial charge in [-0.15, -0.1) is 11.8 Å². The van der Waals surface area contributed by atoms with Crippen molar-refractivity contribution in [2.24, 2.45) is 5.84 Å². The van der Waals surface area contributed by atoms with Crippen LogP contribution < -0.4 is 11.3 Å². The van der Waals surface area contributed by atoms with Crippen LogP contribution in [-0.2, 0) is 11.2 Å². The first-order valence-electron chi connectivity index (χ1n) is 4.47. The summed E-state index contributed by atoms with van der Waals surface area (Å²) in [6.45, 7) is 2.11. The maximum Gasteiger partial charge on any atom is 0.238 e. The molecule has 0 saturated heterocycles. The molecular weight excluding hydrogens is 196 g/mol. The minimum Gasteiger partial charge on any atom is -0.294 e. The first-order valence-corrected chi connectivity index (χ1v) is 5.46. The Morgan fingerprint density at radius 2 is 2.07 bits per heavy atom. The van der Waals surface area contributed by atoms with E-state index in [2.05, 4.69) is 12.3 Å². The average molecular weight is 210 g/mol. The maximum atomic E-state index is 11.0. The minimum absolute atomic E-state index is 0.166. The zero-order chi connectivity index (χ0) is 10.4. The van der Waals surface area contributed by atoms with Crippen molar-refractivity contribution in [3.8, 4) is 0 Å². The summed E-state index contributed by atoms with van der Waals surface area (Å²) in [4.78, 5) is 12.2. The molecule has 1 amide bonds. The highest BCUT2D eigenvalue weighted by Crippen LogP contribution is 2.17. The van der Waals surface area contributed by atoms with Crippen molar-refractivity contribution in [1.29, 1.82) is 0 Å². The van der Waals surface area contributed by atoms with E-state index in [4.69, 9.17) is 5.84 Å². The van der Waals surface area contributed by atoms with E-state index in [0.29, 0.717) is 6.42 Å². The van der Waals surface area contributed by atoms with Crippen LogP contribution in [0.5, 0.6) is 0 Å². The molecule has 1 rings (SSSR count). The molecule has 1 aromatic rings. The number of carbonyl (C=O) groups excluding carboxylic acids is 1. The second-order valence-electron chi connectivity index (χ2n) is 2.82. The molecule has 0 atom stereocenters. The highest BCUT2D eigenvalue weighted by Gasteiger charge is 2.00. The molecular formula is C10H14N2OS. The quantitative estimate of drug-likeness (QED) is 0.341. The average Bonchev–Trinajstić information content (AvgIpc) is 2.21. The number of carbonyl (C=O) groups is 1. The third kappa shape index (κ3) is 3.40.